The normalized spacial score (nSPS) is 22.0. The molecule has 1 aromatic carbocycles. The van der Waals surface area contributed by atoms with Crippen molar-refractivity contribution in [1.29, 1.82) is 0 Å². The molecule has 1 unspecified atom stereocenters. The Morgan fingerprint density at radius 1 is 1.32 bits per heavy atom. The first kappa shape index (κ1) is 15.3. The first-order chi connectivity index (χ1) is 10.3. The second kappa shape index (κ2) is 5.53. The highest BCUT2D eigenvalue weighted by molar-refractivity contribution is 8.00. The predicted molar refractivity (Wildman–Crippen MR) is 77.0 cm³/mol. The summed E-state index contributed by atoms with van der Waals surface area (Å²) in [7, 11) is 0. The van der Waals surface area contributed by atoms with E-state index >= 15 is 0 Å². The number of benzene rings is 1. The minimum Gasteiger partial charge on any atom is -0.467 e. The van der Waals surface area contributed by atoms with Crippen molar-refractivity contribution in [2.75, 3.05) is 0 Å². The van der Waals surface area contributed by atoms with Gasteiger partial charge in [0.25, 0.3) is 0 Å². The Morgan fingerprint density at radius 3 is 2.68 bits per heavy atom. The highest BCUT2D eigenvalue weighted by Crippen LogP contribution is 2.39. The molecule has 0 radical (unpaired) electrons. The second-order valence-electron chi connectivity index (χ2n) is 5.32. The summed E-state index contributed by atoms with van der Waals surface area (Å²) in [5.41, 5.74) is -3.57. The van der Waals surface area contributed by atoms with Gasteiger partial charge in [-0.25, -0.2) is 0 Å². The van der Waals surface area contributed by atoms with Crippen LogP contribution in [-0.4, -0.2) is 23.4 Å². The lowest BCUT2D eigenvalue weighted by molar-refractivity contribution is -0.119. The molecule has 1 saturated carbocycles. The van der Waals surface area contributed by atoms with E-state index in [0.717, 1.165) is 12.8 Å². The molecule has 3 nitrogen and oxygen atoms in total. The van der Waals surface area contributed by atoms with Crippen LogP contribution < -0.4 is 5.32 Å². The van der Waals surface area contributed by atoms with Crippen LogP contribution in [0.1, 0.15) is 25.3 Å². The maximum absolute atomic E-state index is 12.5. The molecule has 1 aliphatic heterocycles. The van der Waals surface area contributed by atoms with Gasteiger partial charge < -0.3 is 10.1 Å². The molecule has 3 rings (SSSR count). The van der Waals surface area contributed by atoms with Crippen LogP contribution in [-0.2, 0) is 9.53 Å². The van der Waals surface area contributed by atoms with Crippen LogP contribution in [0.4, 0.5) is 13.2 Å². The summed E-state index contributed by atoms with van der Waals surface area (Å²) in [5.74, 6) is 0.173. The third kappa shape index (κ3) is 3.40. The molecule has 1 aliphatic carbocycles. The quantitative estimate of drug-likeness (QED) is 0.855. The zero-order chi connectivity index (χ0) is 15.9. The summed E-state index contributed by atoms with van der Waals surface area (Å²) < 4.78 is 43.0. The van der Waals surface area contributed by atoms with Gasteiger partial charge in [-0.3, -0.25) is 4.79 Å². The maximum atomic E-state index is 12.5. The fourth-order valence-electron chi connectivity index (χ4n) is 2.25. The van der Waals surface area contributed by atoms with Gasteiger partial charge >= 0.3 is 5.51 Å². The minimum atomic E-state index is -4.36. The van der Waals surface area contributed by atoms with E-state index in [1.807, 2.05) is 0 Å². The van der Waals surface area contributed by atoms with Gasteiger partial charge in [0.2, 0.25) is 5.78 Å². The molecule has 0 spiro atoms. The third-order valence-electron chi connectivity index (χ3n) is 3.41. The summed E-state index contributed by atoms with van der Waals surface area (Å²) in [6.07, 6.45) is 1.40. The molecule has 118 valence electrons. The molecule has 2 aliphatic rings. The third-order valence-corrected chi connectivity index (χ3v) is 4.13. The molecule has 0 amide bonds. The number of halogens is 3. The Morgan fingerprint density at radius 2 is 2.05 bits per heavy atom. The Kier molecular flexibility index (Phi) is 3.84. The number of thioether (sulfide) groups is 1. The standard InChI is InChI=1S/C15H14F3NO2S/c1-8-13(20)12(14(21-8)19-10-5-6-10)9-3-2-4-11(7-9)22-15(16,17)18/h2-4,7-8,10,19H,5-6H2,1H3. The summed E-state index contributed by atoms with van der Waals surface area (Å²) in [6, 6.07) is 6.18. The number of alkyl halides is 3. The van der Waals surface area contributed by atoms with Gasteiger partial charge in [-0.15, -0.1) is 0 Å². The fraction of sp³-hybridized carbons (Fsp3) is 0.400. The molecule has 1 fully saturated rings. The van der Waals surface area contributed by atoms with E-state index in [1.54, 1.807) is 13.0 Å². The molecule has 0 bridgehead atoms. The van der Waals surface area contributed by atoms with E-state index in [-0.39, 0.29) is 28.5 Å². The lowest BCUT2D eigenvalue weighted by Gasteiger charge is -2.10. The molecule has 22 heavy (non-hydrogen) atoms. The van der Waals surface area contributed by atoms with Gasteiger partial charge in [0.1, 0.15) is 0 Å². The number of hydrogen-bond acceptors (Lipinski definition) is 4. The first-order valence-corrected chi connectivity index (χ1v) is 7.73. The van der Waals surface area contributed by atoms with Crippen molar-refractivity contribution in [1.82, 2.24) is 5.32 Å². The highest BCUT2D eigenvalue weighted by Gasteiger charge is 2.36. The number of rotatable bonds is 4. The zero-order valence-corrected chi connectivity index (χ0v) is 12.6. The Bertz CT molecular complexity index is 638. The molecule has 7 heteroatoms. The van der Waals surface area contributed by atoms with Crippen molar-refractivity contribution < 1.29 is 22.7 Å². The minimum absolute atomic E-state index is 0.0515. The van der Waals surface area contributed by atoms with Crippen molar-refractivity contribution in [2.24, 2.45) is 0 Å². The molecular weight excluding hydrogens is 315 g/mol. The van der Waals surface area contributed by atoms with Gasteiger partial charge in [0.05, 0.1) is 5.57 Å². The van der Waals surface area contributed by atoms with Crippen LogP contribution in [0.2, 0.25) is 0 Å². The van der Waals surface area contributed by atoms with Crippen molar-refractivity contribution >= 4 is 23.1 Å². The number of Topliss-reactive ketones (excluding diaryl/α,β-unsaturated/α-hetero) is 1. The number of carbonyl (C=O) groups is 1. The van der Waals surface area contributed by atoms with Crippen LogP contribution in [0, 0.1) is 0 Å². The lowest BCUT2D eigenvalue weighted by atomic mass is 10.0. The monoisotopic (exact) mass is 329 g/mol. The van der Waals surface area contributed by atoms with Crippen molar-refractivity contribution in [3.05, 3.63) is 35.7 Å². The van der Waals surface area contributed by atoms with E-state index < -0.39 is 11.6 Å². The Labute approximate surface area is 129 Å². The molecule has 1 heterocycles. The molecule has 1 atom stereocenters. The van der Waals surface area contributed by atoms with Crippen molar-refractivity contribution in [2.45, 2.75) is 42.3 Å². The average Bonchev–Trinajstić information content (AvgIpc) is 3.16. The molecule has 0 saturated heterocycles. The van der Waals surface area contributed by atoms with Crippen molar-refractivity contribution in [3.63, 3.8) is 0 Å². The summed E-state index contributed by atoms with van der Waals surface area (Å²) in [6.45, 7) is 1.64. The Balaban J connectivity index is 1.93. The van der Waals surface area contributed by atoms with Crippen LogP contribution in [0.15, 0.2) is 35.0 Å². The van der Waals surface area contributed by atoms with E-state index in [1.165, 1.54) is 18.2 Å². The topological polar surface area (TPSA) is 38.3 Å². The van der Waals surface area contributed by atoms with Gasteiger partial charge in [-0.2, -0.15) is 13.2 Å². The molecular formula is C15H14F3NO2S. The van der Waals surface area contributed by atoms with Crippen LogP contribution in [0.5, 0.6) is 0 Å². The predicted octanol–water partition coefficient (Wildman–Crippen LogP) is 3.71. The largest absolute Gasteiger partial charge is 0.467 e. The van der Waals surface area contributed by atoms with Gasteiger partial charge in [0.15, 0.2) is 12.0 Å². The average molecular weight is 329 g/mol. The molecule has 1 aromatic rings. The second-order valence-corrected chi connectivity index (χ2v) is 6.46. The number of ketones is 1. The summed E-state index contributed by atoms with van der Waals surface area (Å²) in [4.78, 5) is 12.3. The number of hydrogen-bond donors (Lipinski definition) is 1. The number of ether oxygens (including phenoxy) is 1. The zero-order valence-electron chi connectivity index (χ0n) is 11.7. The van der Waals surface area contributed by atoms with Crippen LogP contribution >= 0.6 is 11.8 Å². The van der Waals surface area contributed by atoms with Gasteiger partial charge in [-0.05, 0) is 49.2 Å². The van der Waals surface area contributed by atoms with Crippen LogP contribution in [0.25, 0.3) is 5.57 Å². The first-order valence-electron chi connectivity index (χ1n) is 6.91. The summed E-state index contributed by atoms with van der Waals surface area (Å²) in [5, 5.41) is 3.14. The smallest absolute Gasteiger partial charge is 0.446 e. The lowest BCUT2D eigenvalue weighted by Crippen LogP contribution is -2.18. The molecule has 1 N–H and O–H groups in total. The van der Waals surface area contributed by atoms with Crippen molar-refractivity contribution in [3.8, 4) is 0 Å². The molecule has 0 aromatic heterocycles. The summed E-state index contributed by atoms with van der Waals surface area (Å²) >= 11 is -0.192. The van der Waals surface area contributed by atoms with Crippen LogP contribution in [0.3, 0.4) is 0 Å². The fourth-order valence-corrected chi connectivity index (χ4v) is 2.85. The van der Waals surface area contributed by atoms with Gasteiger partial charge in [0, 0.05) is 10.9 Å². The SMILES string of the molecule is CC1OC(NC2CC2)=C(c2cccc(SC(F)(F)F)c2)C1=O. The maximum Gasteiger partial charge on any atom is 0.446 e. The number of carbonyl (C=O) groups excluding carboxylic acids is 1. The highest BCUT2D eigenvalue weighted by atomic mass is 32.2. The van der Waals surface area contributed by atoms with E-state index in [2.05, 4.69) is 5.32 Å². The van der Waals surface area contributed by atoms with E-state index in [4.69, 9.17) is 4.74 Å². The Hall–Kier alpha value is -1.63. The van der Waals surface area contributed by atoms with E-state index in [9.17, 15) is 18.0 Å². The number of nitrogens with one attached hydrogen (secondary N) is 1. The van der Waals surface area contributed by atoms with E-state index in [0.29, 0.717) is 17.0 Å². The van der Waals surface area contributed by atoms with Gasteiger partial charge in [-0.1, -0.05) is 12.1 Å².